The minimum atomic E-state index is -0.121. The number of benzene rings is 1. The number of aromatic nitrogens is 1. The molecular formula is C11H11ClN2O. The molecule has 0 atom stereocenters. The number of nitrogens with one attached hydrogen (secondary N) is 1. The minimum Gasteiger partial charge on any atom is -0.397 e. The van der Waals surface area contributed by atoms with Crippen molar-refractivity contribution >= 4 is 28.2 Å². The van der Waals surface area contributed by atoms with Crippen LogP contribution in [-0.2, 0) is 0 Å². The highest BCUT2D eigenvalue weighted by Crippen LogP contribution is 2.31. The Labute approximate surface area is 91.9 Å². The van der Waals surface area contributed by atoms with Crippen molar-refractivity contribution < 1.29 is 0 Å². The number of nitrogens with two attached hydrogens (primary N) is 1. The van der Waals surface area contributed by atoms with E-state index in [0.29, 0.717) is 10.7 Å². The molecule has 15 heavy (non-hydrogen) atoms. The van der Waals surface area contributed by atoms with Crippen LogP contribution in [0.25, 0.3) is 10.9 Å². The third-order valence-corrected chi connectivity index (χ3v) is 2.89. The van der Waals surface area contributed by atoms with Crippen molar-refractivity contribution in [1.82, 2.24) is 4.98 Å². The van der Waals surface area contributed by atoms with Crippen molar-refractivity contribution in [1.29, 1.82) is 0 Å². The topological polar surface area (TPSA) is 58.9 Å². The van der Waals surface area contributed by atoms with Gasteiger partial charge in [0.1, 0.15) is 0 Å². The largest absolute Gasteiger partial charge is 0.397 e. The smallest absolute Gasteiger partial charge is 0.248 e. The van der Waals surface area contributed by atoms with E-state index in [4.69, 9.17) is 17.3 Å². The summed E-state index contributed by atoms with van der Waals surface area (Å²) in [5.41, 5.74) is 8.72. The zero-order valence-corrected chi connectivity index (χ0v) is 9.27. The van der Waals surface area contributed by atoms with E-state index < -0.39 is 0 Å². The number of pyridine rings is 1. The van der Waals surface area contributed by atoms with Crippen molar-refractivity contribution in [3.63, 3.8) is 0 Å². The second kappa shape index (κ2) is 3.28. The summed E-state index contributed by atoms with van der Waals surface area (Å²) in [6.07, 6.45) is 0. The van der Waals surface area contributed by atoms with Crippen LogP contribution in [0.5, 0.6) is 0 Å². The van der Waals surface area contributed by atoms with Crippen LogP contribution >= 0.6 is 11.6 Å². The molecule has 0 saturated carbocycles. The average molecular weight is 223 g/mol. The first kappa shape index (κ1) is 10.1. The molecule has 0 unspecified atom stereocenters. The fraction of sp³-hybridized carbons (Fsp3) is 0.182. The SMILES string of the molecule is Cc1cc(N)c(Cl)c2c(C)cc(=O)[nH]c12. The van der Waals surface area contributed by atoms with Crippen LogP contribution in [0.1, 0.15) is 11.1 Å². The maximum atomic E-state index is 11.3. The van der Waals surface area contributed by atoms with E-state index in [1.165, 1.54) is 6.07 Å². The number of hydrogen-bond acceptors (Lipinski definition) is 2. The van der Waals surface area contributed by atoms with E-state index in [1.807, 2.05) is 13.8 Å². The van der Waals surface area contributed by atoms with Gasteiger partial charge in [-0.1, -0.05) is 11.6 Å². The number of halogens is 1. The van der Waals surface area contributed by atoms with Gasteiger partial charge >= 0.3 is 0 Å². The molecule has 78 valence electrons. The van der Waals surface area contributed by atoms with Crippen LogP contribution in [0.4, 0.5) is 5.69 Å². The van der Waals surface area contributed by atoms with Crippen molar-refractivity contribution in [3.05, 3.63) is 38.6 Å². The Bertz CT molecular complexity index is 602. The van der Waals surface area contributed by atoms with Crippen molar-refractivity contribution in [2.45, 2.75) is 13.8 Å². The summed E-state index contributed by atoms with van der Waals surface area (Å²) in [6.45, 7) is 3.74. The third kappa shape index (κ3) is 1.49. The van der Waals surface area contributed by atoms with E-state index in [1.54, 1.807) is 6.07 Å². The Balaban J connectivity index is 3.09. The van der Waals surface area contributed by atoms with Crippen LogP contribution in [0.3, 0.4) is 0 Å². The lowest BCUT2D eigenvalue weighted by Gasteiger charge is -2.09. The summed E-state index contributed by atoms with van der Waals surface area (Å²) in [7, 11) is 0. The predicted octanol–water partition coefficient (Wildman–Crippen LogP) is 2.38. The minimum absolute atomic E-state index is 0.121. The summed E-state index contributed by atoms with van der Waals surface area (Å²) in [5, 5.41) is 1.33. The monoisotopic (exact) mass is 222 g/mol. The van der Waals surface area contributed by atoms with Gasteiger partial charge in [0.15, 0.2) is 0 Å². The molecule has 0 saturated heterocycles. The number of aryl methyl sites for hydroxylation is 2. The summed E-state index contributed by atoms with van der Waals surface area (Å²) in [5.74, 6) is 0. The number of aromatic amines is 1. The number of nitrogen functional groups attached to an aromatic ring is 1. The molecule has 0 aliphatic carbocycles. The highest BCUT2D eigenvalue weighted by Gasteiger charge is 2.09. The molecule has 0 aliphatic rings. The van der Waals surface area contributed by atoms with E-state index in [0.717, 1.165) is 22.0 Å². The molecular weight excluding hydrogens is 212 g/mol. The zero-order valence-electron chi connectivity index (χ0n) is 8.52. The molecule has 4 heteroatoms. The lowest BCUT2D eigenvalue weighted by atomic mass is 10.1. The molecule has 3 nitrogen and oxygen atoms in total. The lowest BCUT2D eigenvalue weighted by molar-refractivity contribution is 1.26. The number of anilines is 1. The average Bonchev–Trinajstić information content (AvgIpc) is 2.13. The molecule has 0 spiro atoms. The fourth-order valence-electron chi connectivity index (χ4n) is 1.78. The molecule has 0 amide bonds. The highest BCUT2D eigenvalue weighted by molar-refractivity contribution is 6.38. The quantitative estimate of drug-likeness (QED) is 0.673. The first-order chi connectivity index (χ1) is 7.00. The van der Waals surface area contributed by atoms with E-state index >= 15 is 0 Å². The normalized spacial score (nSPS) is 10.9. The lowest BCUT2D eigenvalue weighted by Crippen LogP contribution is -2.06. The number of rotatable bonds is 0. The molecule has 1 aromatic carbocycles. The van der Waals surface area contributed by atoms with Crippen LogP contribution < -0.4 is 11.3 Å². The standard InChI is InChI=1S/C11H11ClN2O/c1-5-4-8(15)14-11-6(2)3-7(13)10(12)9(5)11/h3-4H,13H2,1-2H3,(H,14,15). The van der Waals surface area contributed by atoms with Gasteiger partial charge in [-0.3, -0.25) is 4.79 Å². The summed E-state index contributed by atoms with van der Waals surface area (Å²) in [4.78, 5) is 14.1. The first-order valence-electron chi connectivity index (χ1n) is 4.59. The van der Waals surface area contributed by atoms with Gasteiger partial charge in [-0.2, -0.15) is 0 Å². The van der Waals surface area contributed by atoms with Gasteiger partial charge in [-0.15, -0.1) is 0 Å². The summed E-state index contributed by atoms with van der Waals surface area (Å²) < 4.78 is 0. The second-order valence-electron chi connectivity index (χ2n) is 3.66. The molecule has 2 rings (SSSR count). The van der Waals surface area contributed by atoms with Gasteiger partial charge in [0, 0.05) is 11.5 Å². The van der Waals surface area contributed by atoms with Crippen LogP contribution in [-0.4, -0.2) is 4.98 Å². The molecule has 1 heterocycles. The van der Waals surface area contributed by atoms with Crippen molar-refractivity contribution in [2.24, 2.45) is 0 Å². The Hall–Kier alpha value is -1.48. The maximum absolute atomic E-state index is 11.3. The summed E-state index contributed by atoms with van der Waals surface area (Å²) >= 11 is 6.11. The zero-order chi connectivity index (χ0) is 11.2. The Kier molecular flexibility index (Phi) is 2.20. The number of H-pyrrole nitrogens is 1. The Morgan fingerprint density at radius 3 is 2.60 bits per heavy atom. The number of hydrogen-bond donors (Lipinski definition) is 2. The van der Waals surface area contributed by atoms with E-state index in [-0.39, 0.29) is 5.56 Å². The van der Waals surface area contributed by atoms with Crippen molar-refractivity contribution in [3.8, 4) is 0 Å². The van der Waals surface area contributed by atoms with Gasteiger partial charge in [0.25, 0.3) is 0 Å². The fourth-order valence-corrected chi connectivity index (χ4v) is 2.08. The molecule has 0 fully saturated rings. The van der Waals surface area contributed by atoms with Crippen LogP contribution in [0.2, 0.25) is 5.02 Å². The molecule has 0 radical (unpaired) electrons. The third-order valence-electron chi connectivity index (χ3n) is 2.48. The van der Waals surface area contributed by atoms with E-state index in [2.05, 4.69) is 4.98 Å². The first-order valence-corrected chi connectivity index (χ1v) is 4.96. The Morgan fingerprint density at radius 1 is 1.27 bits per heavy atom. The van der Waals surface area contributed by atoms with E-state index in [9.17, 15) is 4.79 Å². The summed E-state index contributed by atoms with van der Waals surface area (Å²) in [6, 6.07) is 3.28. The molecule has 2 aromatic rings. The van der Waals surface area contributed by atoms with Crippen molar-refractivity contribution in [2.75, 3.05) is 5.73 Å². The molecule has 1 aromatic heterocycles. The van der Waals surface area contributed by atoms with Gasteiger partial charge < -0.3 is 10.7 Å². The van der Waals surface area contributed by atoms with Gasteiger partial charge in [0.05, 0.1) is 16.2 Å². The highest BCUT2D eigenvalue weighted by atomic mass is 35.5. The predicted molar refractivity (Wildman–Crippen MR) is 63.5 cm³/mol. The molecule has 3 N–H and O–H groups in total. The maximum Gasteiger partial charge on any atom is 0.248 e. The Morgan fingerprint density at radius 2 is 1.93 bits per heavy atom. The van der Waals surface area contributed by atoms with Crippen LogP contribution in [0.15, 0.2) is 16.9 Å². The van der Waals surface area contributed by atoms with Gasteiger partial charge in [0.2, 0.25) is 5.56 Å². The van der Waals surface area contributed by atoms with Crippen LogP contribution in [0, 0.1) is 13.8 Å². The van der Waals surface area contributed by atoms with Gasteiger partial charge in [-0.05, 0) is 31.0 Å². The molecule has 0 aliphatic heterocycles. The van der Waals surface area contributed by atoms with Gasteiger partial charge in [-0.25, -0.2) is 0 Å². The number of fused-ring (bicyclic) bond motifs is 1. The molecule has 0 bridgehead atoms. The second-order valence-corrected chi connectivity index (χ2v) is 4.04.